The van der Waals surface area contributed by atoms with Gasteiger partial charge in [0.05, 0.1) is 0 Å². The van der Waals surface area contributed by atoms with Crippen LogP contribution in [-0.4, -0.2) is 36.0 Å². The average Bonchev–Trinajstić information content (AvgIpc) is 2.57. The molecule has 0 amide bonds. The number of rotatable bonds is 5. The molecular formula is C20H24N2. The lowest BCUT2D eigenvalue weighted by molar-refractivity contribution is 0.151. The van der Waals surface area contributed by atoms with Crippen LogP contribution in [-0.2, 0) is 13.0 Å². The first-order chi connectivity index (χ1) is 10.8. The molecular weight excluding hydrogens is 268 g/mol. The van der Waals surface area contributed by atoms with Crippen LogP contribution in [0.25, 0.3) is 0 Å². The second-order valence-corrected chi connectivity index (χ2v) is 5.98. The van der Waals surface area contributed by atoms with Crippen LogP contribution in [0.3, 0.4) is 0 Å². The van der Waals surface area contributed by atoms with Crippen molar-refractivity contribution in [3.05, 3.63) is 84.1 Å². The van der Waals surface area contributed by atoms with Crippen molar-refractivity contribution in [3.63, 3.8) is 0 Å². The molecule has 2 aromatic carbocycles. The first-order valence-electron chi connectivity index (χ1n) is 8.04. The van der Waals surface area contributed by atoms with E-state index < -0.39 is 0 Å². The van der Waals surface area contributed by atoms with E-state index in [2.05, 4.69) is 77.0 Å². The molecule has 2 heteroatoms. The molecule has 22 heavy (non-hydrogen) atoms. The van der Waals surface area contributed by atoms with Crippen LogP contribution in [0.1, 0.15) is 11.1 Å². The fourth-order valence-corrected chi connectivity index (χ4v) is 3.01. The Balaban J connectivity index is 1.48. The Morgan fingerprint density at radius 3 is 1.91 bits per heavy atom. The van der Waals surface area contributed by atoms with Crippen molar-refractivity contribution in [3.8, 4) is 0 Å². The van der Waals surface area contributed by atoms with E-state index in [0.29, 0.717) is 0 Å². The Labute approximate surface area is 133 Å². The molecule has 0 spiro atoms. The van der Waals surface area contributed by atoms with E-state index in [0.717, 1.165) is 39.1 Å². The number of piperazine rings is 1. The maximum Gasteiger partial charge on any atom is 0.0303 e. The van der Waals surface area contributed by atoms with E-state index in [1.807, 2.05) is 0 Å². The van der Waals surface area contributed by atoms with E-state index in [1.165, 1.54) is 16.8 Å². The summed E-state index contributed by atoms with van der Waals surface area (Å²) >= 11 is 0. The van der Waals surface area contributed by atoms with Gasteiger partial charge in [0, 0.05) is 44.8 Å². The fraction of sp³-hybridized carbons (Fsp3) is 0.300. The number of nitrogens with zero attached hydrogens (tertiary/aromatic N) is 2. The van der Waals surface area contributed by atoms with Gasteiger partial charge >= 0.3 is 0 Å². The van der Waals surface area contributed by atoms with Crippen molar-refractivity contribution in [1.29, 1.82) is 0 Å². The summed E-state index contributed by atoms with van der Waals surface area (Å²) in [6.45, 7) is 9.74. The molecule has 0 atom stereocenters. The maximum absolute atomic E-state index is 4.29. The molecule has 0 saturated carbocycles. The third-order valence-corrected chi connectivity index (χ3v) is 4.32. The highest BCUT2D eigenvalue weighted by molar-refractivity contribution is 5.20. The SMILES string of the molecule is C=C(Cc1ccccc1)N1CCN(Cc2ccccc2)CC1. The summed E-state index contributed by atoms with van der Waals surface area (Å²) in [5, 5.41) is 0. The maximum atomic E-state index is 4.29. The summed E-state index contributed by atoms with van der Waals surface area (Å²) in [6, 6.07) is 21.3. The van der Waals surface area contributed by atoms with Gasteiger partial charge in [-0.15, -0.1) is 0 Å². The lowest BCUT2D eigenvalue weighted by Crippen LogP contribution is -2.45. The van der Waals surface area contributed by atoms with Crippen molar-refractivity contribution in [2.45, 2.75) is 13.0 Å². The Morgan fingerprint density at radius 1 is 0.773 bits per heavy atom. The molecule has 1 aliphatic heterocycles. The Kier molecular flexibility index (Phi) is 4.92. The van der Waals surface area contributed by atoms with Gasteiger partial charge in [0.2, 0.25) is 0 Å². The minimum Gasteiger partial charge on any atom is -0.372 e. The molecule has 0 aromatic heterocycles. The largest absolute Gasteiger partial charge is 0.372 e. The highest BCUT2D eigenvalue weighted by atomic mass is 15.3. The van der Waals surface area contributed by atoms with Gasteiger partial charge in [-0.1, -0.05) is 67.2 Å². The minimum absolute atomic E-state index is 0.958. The molecule has 0 unspecified atom stereocenters. The van der Waals surface area contributed by atoms with Crippen molar-refractivity contribution in [2.75, 3.05) is 26.2 Å². The average molecular weight is 292 g/mol. The molecule has 0 bridgehead atoms. The van der Waals surface area contributed by atoms with Crippen LogP contribution in [0.5, 0.6) is 0 Å². The van der Waals surface area contributed by atoms with Gasteiger partial charge in [-0.25, -0.2) is 0 Å². The number of hydrogen-bond donors (Lipinski definition) is 0. The molecule has 2 aromatic rings. The van der Waals surface area contributed by atoms with Crippen LogP contribution in [0.15, 0.2) is 72.9 Å². The monoisotopic (exact) mass is 292 g/mol. The van der Waals surface area contributed by atoms with E-state index in [1.54, 1.807) is 0 Å². The van der Waals surface area contributed by atoms with Gasteiger partial charge in [-0.05, 0) is 11.1 Å². The van der Waals surface area contributed by atoms with Gasteiger partial charge in [0.15, 0.2) is 0 Å². The smallest absolute Gasteiger partial charge is 0.0303 e. The topological polar surface area (TPSA) is 6.48 Å². The van der Waals surface area contributed by atoms with Crippen molar-refractivity contribution >= 4 is 0 Å². The third kappa shape index (κ3) is 3.99. The molecule has 114 valence electrons. The number of hydrogen-bond acceptors (Lipinski definition) is 2. The zero-order valence-corrected chi connectivity index (χ0v) is 13.1. The fourth-order valence-electron chi connectivity index (χ4n) is 3.01. The summed E-state index contributed by atoms with van der Waals surface area (Å²) in [5.74, 6) is 0. The summed E-state index contributed by atoms with van der Waals surface area (Å²) < 4.78 is 0. The van der Waals surface area contributed by atoms with E-state index >= 15 is 0 Å². The van der Waals surface area contributed by atoms with Gasteiger partial charge in [-0.3, -0.25) is 4.90 Å². The van der Waals surface area contributed by atoms with Crippen LogP contribution < -0.4 is 0 Å². The van der Waals surface area contributed by atoms with Crippen molar-refractivity contribution < 1.29 is 0 Å². The normalized spacial score (nSPS) is 15.7. The van der Waals surface area contributed by atoms with Gasteiger partial charge in [0.25, 0.3) is 0 Å². The summed E-state index contributed by atoms with van der Waals surface area (Å²) in [7, 11) is 0. The van der Waals surface area contributed by atoms with Crippen molar-refractivity contribution in [1.82, 2.24) is 9.80 Å². The van der Waals surface area contributed by atoms with Crippen LogP contribution in [0, 0.1) is 0 Å². The summed E-state index contributed by atoms with van der Waals surface area (Å²) in [4.78, 5) is 4.97. The second-order valence-electron chi connectivity index (χ2n) is 5.98. The standard InChI is InChI=1S/C20H24N2/c1-18(16-19-8-4-2-5-9-19)22-14-12-21(13-15-22)17-20-10-6-3-7-11-20/h2-11H,1,12-17H2. The van der Waals surface area contributed by atoms with E-state index in [4.69, 9.17) is 0 Å². The Bertz CT molecular complexity index is 584. The molecule has 3 rings (SSSR count). The zero-order valence-electron chi connectivity index (χ0n) is 13.1. The lowest BCUT2D eigenvalue weighted by Gasteiger charge is -2.37. The summed E-state index contributed by atoms with van der Waals surface area (Å²) in [6.07, 6.45) is 0.958. The first-order valence-corrected chi connectivity index (χ1v) is 8.04. The molecule has 2 nitrogen and oxygen atoms in total. The number of benzene rings is 2. The molecule has 1 fully saturated rings. The molecule has 0 aliphatic carbocycles. The second kappa shape index (κ2) is 7.28. The summed E-state index contributed by atoms with van der Waals surface area (Å²) in [5.41, 5.74) is 3.99. The minimum atomic E-state index is 0.958. The van der Waals surface area contributed by atoms with Gasteiger partial charge in [-0.2, -0.15) is 0 Å². The molecule has 1 aliphatic rings. The Morgan fingerprint density at radius 2 is 1.32 bits per heavy atom. The van der Waals surface area contributed by atoms with Gasteiger partial charge < -0.3 is 4.90 Å². The molecule has 1 heterocycles. The van der Waals surface area contributed by atoms with Crippen LogP contribution >= 0.6 is 0 Å². The van der Waals surface area contributed by atoms with Crippen LogP contribution in [0.4, 0.5) is 0 Å². The number of allylic oxidation sites excluding steroid dienone is 1. The lowest BCUT2D eigenvalue weighted by atomic mass is 10.1. The van der Waals surface area contributed by atoms with Crippen LogP contribution in [0.2, 0.25) is 0 Å². The highest BCUT2D eigenvalue weighted by Crippen LogP contribution is 2.15. The zero-order chi connectivity index (χ0) is 15.2. The molecule has 1 saturated heterocycles. The highest BCUT2D eigenvalue weighted by Gasteiger charge is 2.17. The van der Waals surface area contributed by atoms with Gasteiger partial charge in [0.1, 0.15) is 0 Å². The Hall–Kier alpha value is -2.06. The predicted molar refractivity (Wildman–Crippen MR) is 92.6 cm³/mol. The first kappa shape index (κ1) is 14.9. The third-order valence-electron chi connectivity index (χ3n) is 4.32. The quantitative estimate of drug-likeness (QED) is 0.831. The predicted octanol–water partition coefficient (Wildman–Crippen LogP) is 3.56. The van der Waals surface area contributed by atoms with E-state index in [-0.39, 0.29) is 0 Å². The van der Waals surface area contributed by atoms with E-state index in [9.17, 15) is 0 Å². The van der Waals surface area contributed by atoms with Crippen molar-refractivity contribution in [2.24, 2.45) is 0 Å². The molecule has 0 radical (unpaired) electrons. The molecule has 0 N–H and O–H groups in total.